The van der Waals surface area contributed by atoms with Gasteiger partial charge in [-0.25, -0.2) is 0 Å². The van der Waals surface area contributed by atoms with Crippen molar-refractivity contribution < 1.29 is 13.6 Å². The van der Waals surface area contributed by atoms with Gasteiger partial charge in [0.05, 0.1) is 0 Å². The average molecular weight is 347 g/mol. The number of hydrogen-bond acceptors (Lipinski definition) is 3. The van der Waals surface area contributed by atoms with Crippen molar-refractivity contribution in [2.75, 3.05) is 6.61 Å². The van der Waals surface area contributed by atoms with Gasteiger partial charge in [0.25, 0.3) is 0 Å². The molecule has 0 N–H and O–H groups in total. The second-order valence-electron chi connectivity index (χ2n) is 9.30. The summed E-state index contributed by atoms with van der Waals surface area (Å²) >= 11 is 0. The fourth-order valence-corrected chi connectivity index (χ4v) is 3.91. The van der Waals surface area contributed by atoms with Crippen LogP contribution in [0.15, 0.2) is 0 Å². The SMILES string of the molecule is CC(C)(C)[Si](C)(C)OCCC[C@@H](C=O)O[Si](C)(C)C(C)(C)C. The van der Waals surface area contributed by atoms with Gasteiger partial charge in [-0.15, -0.1) is 0 Å². The molecule has 0 bridgehead atoms. The fraction of sp³-hybridized carbons (Fsp3) is 0.941. The topological polar surface area (TPSA) is 35.5 Å². The first-order valence-corrected chi connectivity index (χ1v) is 14.2. The highest BCUT2D eigenvalue weighted by atomic mass is 28.4. The Balaban J connectivity index is 4.37. The summed E-state index contributed by atoms with van der Waals surface area (Å²) in [5.74, 6) is 0. The molecule has 132 valence electrons. The first-order chi connectivity index (χ1) is 9.64. The van der Waals surface area contributed by atoms with E-state index in [0.717, 1.165) is 25.7 Å². The van der Waals surface area contributed by atoms with Crippen LogP contribution in [0.2, 0.25) is 36.3 Å². The minimum absolute atomic E-state index is 0.131. The molecule has 5 heteroatoms. The Morgan fingerprint density at radius 1 is 0.909 bits per heavy atom. The molecule has 0 rings (SSSR count). The third kappa shape index (κ3) is 6.64. The quantitative estimate of drug-likeness (QED) is 0.336. The van der Waals surface area contributed by atoms with Crippen molar-refractivity contribution in [3.63, 3.8) is 0 Å². The van der Waals surface area contributed by atoms with Crippen LogP contribution in [0.3, 0.4) is 0 Å². The highest BCUT2D eigenvalue weighted by Crippen LogP contribution is 2.38. The minimum atomic E-state index is -1.88. The summed E-state index contributed by atoms with van der Waals surface area (Å²) in [4.78, 5) is 11.3. The first-order valence-electron chi connectivity index (χ1n) is 8.41. The third-order valence-electron chi connectivity index (χ3n) is 5.31. The predicted octanol–water partition coefficient (Wildman–Crippen LogP) is 5.38. The Bertz CT molecular complexity index is 352. The average Bonchev–Trinajstić information content (AvgIpc) is 2.29. The van der Waals surface area contributed by atoms with Crippen LogP contribution in [0.25, 0.3) is 0 Å². The Morgan fingerprint density at radius 2 is 1.36 bits per heavy atom. The molecule has 0 aromatic heterocycles. The summed E-state index contributed by atoms with van der Waals surface area (Å²) in [6.45, 7) is 22.9. The van der Waals surface area contributed by atoms with Crippen molar-refractivity contribution in [3.8, 4) is 0 Å². The summed E-state index contributed by atoms with van der Waals surface area (Å²) in [7, 11) is -3.56. The van der Waals surface area contributed by atoms with Crippen molar-refractivity contribution in [1.82, 2.24) is 0 Å². The second-order valence-corrected chi connectivity index (χ2v) is 18.9. The molecule has 0 fully saturated rings. The zero-order valence-electron chi connectivity index (χ0n) is 16.5. The summed E-state index contributed by atoms with van der Waals surface area (Å²) in [6, 6.07) is 0. The van der Waals surface area contributed by atoms with E-state index in [0.29, 0.717) is 0 Å². The predicted molar refractivity (Wildman–Crippen MR) is 101 cm³/mol. The van der Waals surface area contributed by atoms with Gasteiger partial charge in [0.2, 0.25) is 0 Å². The standard InChI is InChI=1S/C17H38O3Si2/c1-16(2,3)21(7,8)19-13-11-12-15(14-18)20-22(9,10)17(4,5)6/h14-15H,11-13H2,1-10H3/t15-/m0/s1. The van der Waals surface area contributed by atoms with Crippen molar-refractivity contribution in [1.29, 1.82) is 0 Å². The van der Waals surface area contributed by atoms with Gasteiger partial charge in [0.1, 0.15) is 12.4 Å². The fourth-order valence-electron chi connectivity index (χ4n) is 1.54. The molecule has 3 nitrogen and oxygen atoms in total. The van der Waals surface area contributed by atoms with Crippen LogP contribution in [0, 0.1) is 0 Å². The van der Waals surface area contributed by atoms with E-state index in [1.54, 1.807) is 0 Å². The molecule has 0 saturated carbocycles. The van der Waals surface area contributed by atoms with Gasteiger partial charge in [-0.05, 0) is 49.1 Å². The van der Waals surface area contributed by atoms with Crippen LogP contribution in [0.5, 0.6) is 0 Å². The summed E-state index contributed by atoms with van der Waals surface area (Å²) in [5, 5.41) is 0.362. The first kappa shape index (κ1) is 22.0. The second kappa shape index (κ2) is 7.73. The molecule has 1 atom stereocenters. The number of carbonyl (C=O) groups is 1. The molecule has 0 amide bonds. The molecule has 0 aliphatic rings. The highest BCUT2D eigenvalue weighted by molar-refractivity contribution is 6.74. The van der Waals surface area contributed by atoms with Crippen LogP contribution in [0.4, 0.5) is 0 Å². The van der Waals surface area contributed by atoms with Crippen LogP contribution >= 0.6 is 0 Å². The van der Waals surface area contributed by atoms with E-state index < -0.39 is 16.6 Å². The number of hydrogen-bond donors (Lipinski definition) is 0. The van der Waals surface area contributed by atoms with E-state index in [4.69, 9.17) is 8.85 Å². The lowest BCUT2D eigenvalue weighted by atomic mass is 10.2. The van der Waals surface area contributed by atoms with Crippen LogP contribution in [0.1, 0.15) is 54.4 Å². The third-order valence-corrected chi connectivity index (χ3v) is 14.3. The molecular weight excluding hydrogens is 308 g/mol. The van der Waals surface area contributed by atoms with Gasteiger partial charge in [0.15, 0.2) is 16.6 Å². The molecule has 0 radical (unpaired) electrons. The van der Waals surface area contributed by atoms with Crippen LogP contribution in [-0.4, -0.2) is 35.6 Å². The van der Waals surface area contributed by atoms with Gasteiger partial charge in [-0.2, -0.15) is 0 Å². The Labute approximate surface area is 140 Å². The van der Waals surface area contributed by atoms with Gasteiger partial charge >= 0.3 is 0 Å². The molecular formula is C17H38O3Si2. The molecule has 0 heterocycles. The number of rotatable bonds is 8. The van der Waals surface area contributed by atoms with Crippen molar-refractivity contribution in [3.05, 3.63) is 0 Å². The van der Waals surface area contributed by atoms with Gasteiger partial charge < -0.3 is 13.6 Å². The van der Waals surface area contributed by atoms with E-state index in [1.165, 1.54) is 0 Å². The largest absolute Gasteiger partial charge is 0.417 e. The van der Waals surface area contributed by atoms with E-state index in [1.807, 2.05) is 0 Å². The lowest BCUT2D eigenvalue weighted by Gasteiger charge is -2.38. The van der Waals surface area contributed by atoms with Crippen LogP contribution in [-0.2, 0) is 13.6 Å². The maximum atomic E-state index is 11.3. The maximum absolute atomic E-state index is 11.3. The van der Waals surface area contributed by atoms with Gasteiger partial charge in [0, 0.05) is 6.61 Å². The summed E-state index contributed by atoms with van der Waals surface area (Å²) in [5.41, 5.74) is 0. The summed E-state index contributed by atoms with van der Waals surface area (Å²) < 4.78 is 12.3. The molecule has 0 aliphatic heterocycles. The lowest BCUT2D eigenvalue weighted by Crippen LogP contribution is -2.44. The molecule has 0 unspecified atom stereocenters. The van der Waals surface area contributed by atoms with Gasteiger partial charge in [-0.3, -0.25) is 0 Å². The smallest absolute Gasteiger partial charge is 0.193 e. The van der Waals surface area contributed by atoms with Crippen molar-refractivity contribution in [2.24, 2.45) is 0 Å². The molecule has 0 aliphatic carbocycles. The zero-order chi connectivity index (χ0) is 17.8. The van der Waals surface area contributed by atoms with E-state index in [2.05, 4.69) is 67.7 Å². The monoisotopic (exact) mass is 346 g/mol. The van der Waals surface area contributed by atoms with Crippen molar-refractivity contribution in [2.45, 2.75) is 96.8 Å². The Morgan fingerprint density at radius 3 is 1.73 bits per heavy atom. The minimum Gasteiger partial charge on any atom is -0.417 e. The van der Waals surface area contributed by atoms with Crippen LogP contribution < -0.4 is 0 Å². The zero-order valence-corrected chi connectivity index (χ0v) is 18.5. The van der Waals surface area contributed by atoms with Crippen molar-refractivity contribution >= 4 is 22.9 Å². The molecule has 0 aromatic carbocycles. The highest BCUT2D eigenvalue weighted by Gasteiger charge is 2.39. The lowest BCUT2D eigenvalue weighted by molar-refractivity contribution is -0.114. The van der Waals surface area contributed by atoms with Gasteiger partial charge in [-0.1, -0.05) is 41.5 Å². The molecule has 0 aromatic rings. The molecule has 22 heavy (non-hydrogen) atoms. The summed E-state index contributed by atoms with van der Waals surface area (Å²) in [6.07, 6.45) is 2.31. The Kier molecular flexibility index (Phi) is 7.74. The van der Waals surface area contributed by atoms with E-state index in [9.17, 15) is 4.79 Å². The number of carbonyl (C=O) groups excluding carboxylic acids is 1. The van der Waals surface area contributed by atoms with E-state index >= 15 is 0 Å². The Hall–Kier alpha value is 0.0238. The number of aldehydes is 1. The maximum Gasteiger partial charge on any atom is 0.193 e. The molecule has 0 spiro atoms. The normalized spacial score (nSPS) is 15.7. The molecule has 0 saturated heterocycles. The van der Waals surface area contributed by atoms with E-state index in [-0.39, 0.29) is 16.2 Å².